The van der Waals surface area contributed by atoms with Gasteiger partial charge in [0, 0.05) is 50.0 Å². The number of halogens is 2. The van der Waals surface area contributed by atoms with Crippen molar-refractivity contribution in [2.24, 2.45) is 7.05 Å². The van der Waals surface area contributed by atoms with Crippen molar-refractivity contribution in [3.63, 3.8) is 0 Å². The number of aryl methyl sites for hydroxylation is 1. The molecule has 2 aromatic rings. The Balaban J connectivity index is 1.99. The maximum atomic E-state index is 14.7. The summed E-state index contributed by atoms with van der Waals surface area (Å²) in [5.41, 5.74) is 3.99. The van der Waals surface area contributed by atoms with Crippen molar-refractivity contribution in [3.8, 4) is 22.6 Å². The molecule has 1 aliphatic heterocycles. The third kappa shape index (κ3) is 4.52. The Morgan fingerprint density at radius 2 is 1.66 bits per heavy atom. The molecule has 0 radical (unpaired) electrons. The van der Waals surface area contributed by atoms with Gasteiger partial charge in [-0.15, -0.1) is 0 Å². The highest BCUT2D eigenvalue weighted by Gasteiger charge is 2.43. The highest BCUT2D eigenvalue weighted by molar-refractivity contribution is 5.72. The molecule has 0 unspecified atom stereocenters. The van der Waals surface area contributed by atoms with E-state index in [1.807, 2.05) is 19.1 Å². The summed E-state index contributed by atoms with van der Waals surface area (Å²) in [6.07, 6.45) is 1.80. The number of methoxy groups -OCH3 is 2. The van der Waals surface area contributed by atoms with Gasteiger partial charge in [0.15, 0.2) is 0 Å². The van der Waals surface area contributed by atoms with Crippen LogP contribution in [0.2, 0.25) is 0 Å². The summed E-state index contributed by atoms with van der Waals surface area (Å²) in [6.45, 7) is 8.06. The molecule has 0 amide bonds. The van der Waals surface area contributed by atoms with Crippen molar-refractivity contribution in [2.45, 2.75) is 46.3 Å². The number of hydrogen-bond acceptors (Lipinski definition) is 5. The monoisotopic (exact) mass is 449 g/mol. The van der Waals surface area contributed by atoms with Crippen molar-refractivity contribution in [1.29, 1.82) is 0 Å². The predicted octanol–water partition coefficient (Wildman–Crippen LogP) is 3.81. The molecule has 0 bridgehead atoms. The van der Waals surface area contributed by atoms with E-state index in [1.165, 1.54) is 4.90 Å². The molecule has 1 saturated heterocycles. The molecule has 176 valence electrons. The smallest absolute Gasteiger partial charge is 0.317 e. The standard InChI is InChI=1S/C24H33F2N3O3/c1-15(2)29-9-8-28(14-24(29,25)26)13-20-21(31-6)10-18(11-22(20)32-7)19-12-27(5)23(30)17(4)16(19)3/h10-12,15H,8-9,13-14H2,1-7H3. The first kappa shape index (κ1) is 24.2. The molecule has 1 fully saturated rings. The molecule has 0 spiro atoms. The van der Waals surface area contributed by atoms with Crippen molar-refractivity contribution < 1.29 is 18.3 Å². The molecular weight excluding hydrogens is 416 g/mol. The number of pyridine rings is 1. The highest BCUT2D eigenvalue weighted by atomic mass is 19.3. The van der Waals surface area contributed by atoms with Crippen molar-refractivity contribution in [3.05, 3.63) is 45.4 Å². The molecule has 0 saturated carbocycles. The van der Waals surface area contributed by atoms with Gasteiger partial charge in [0.05, 0.1) is 26.3 Å². The Morgan fingerprint density at radius 3 is 2.16 bits per heavy atom. The maximum Gasteiger partial charge on any atom is 0.317 e. The number of nitrogens with zero attached hydrogens (tertiary/aromatic N) is 3. The lowest BCUT2D eigenvalue weighted by molar-refractivity contribution is -0.197. The average Bonchev–Trinajstić information content (AvgIpc) is 2.73. The van der Waals surface area contributed by atoms with Gasteiger partial charge in [0.2, 0.25) is 0 Å². The molecule has 1 aromatic carbocycles. The lowest BCUT2D eigenvalue weighted by Gasteiger charge is -2.43. The lowest BCUT2D eigenvalue weighted by atomic mass is 9.97. The number of alkyl halides is 2. The summed E-state index contributed by atoms with van der Waals surface area (Å²) in [5, 5.41) is 0. The first-order valence-electron chi connectivity index (χ1n) is 10.8. The van der Waals surface area contributed by atoms with Crippen molar-refractivity contribution in [1.82, 2.24) is 14.4 Å². The Bertz CT molecular complexity index is 1020. The first-order chi connectivity index (χ1) is 15.0. The van der Waals surface area contributed by atoms with E-state index >= 15 is 0 Å². The third-order valence-electron chi connectivity index (χ3n) is 6.35. The Kier molecular flexibility index (Phi) is 6.95. The fraction of sp³-hybridized carbons (Fsp3) is 0.542. The SMILES string of the molecule is COc1cc(-c2cn(C)c(=O)c(C)c2C)cc(OC)c1CN1CCN(C(C)C)C(F)(F)C1. The van der Waals surface area contributed by atoms with Crippen LogP contribution in [0, 0.1) is 13.8 Å². The van der Waals surface area contributed by atoms with E-state index in [4.69, 9.17) is 9.47 Å². The zero-order valence-electron chi connectivity index (χ0n) is 20.0. The molecule has 2 heterocycles. The second kappa shape index (κ2) is 9.19. The minimum atomic E-state index is -2.89. The van der Waals surface area contributed by atoms with Gasteiger partial charge in [-0.1, -0.05) is 0 Å². The average molecular weight is 450 g/mol. The Morgan fingerprint density at radius 1 is 1.06 bits per heavy atom. The molecule has 6 nitrogen and oxygen atoms in total. The van der Waals surface area contributed by atoms with Crippen molar-refractivity contribution >= 4 is 0 Å². The summed E-state index contributed by atoms with van der Waals surface area (Å²) in [7, 11) is 4.84. The number of piperazine rings is 1. The van der Waals surface area contributed by atoms with Gasteiger partial charge < -0.3 is 14.0 Å². The van der Waals surface area contributed by atoms with Crippen LogP contribution in [0.5, 0.6) is 11.5 Å². The summed E-state index contributed by atoms with van der Waals surface area (Å²) >= 11 is 0. The summed E-state index contributed by atoms with van der Waals surface area (Å²) in [4.78, 5) is 15.2. The number of aromatic nitrogens is 1. The molecule has 0 N–H and O–H groups in total. The maximum absolute atomic E-state index is 14.7. The van der Waals surface area contributed by atoms with Crippen LogP contribution < -0.4 is 15.0 Å². The number of benzene rings is 1. The number of rotatable bonds is 6. The predicted molar refractivity (Wildman–Crippen MR) is 122 cm³/mol. The molecule has 1 aromatic heterocycles. The fourth-order valence-corrected chi connectivity index (χ4v) is 4.41. The normalized spacial score (nSPS) is 17.1. The van der Waals surface area contributed by atoms with Crippen LogP contribution in [0.25, 0.3) is 11.1 Å². The summed E-state index contributed by atoms with van der Waals surface area (Å²) < 4.78 is 42.2. The van der Waals surface area contributed by atoms with E-state index in [2.05, 4.69) is 0 Å². The Hall–Kier alpha value is -2.45. The summed E-state index contributed by atoms with van der Waals surface area (Å²) in [5.74, 6) is 1.14. The van der Waals surface area contributed by atoms with Gasteiger partial charge in [0.1, 0.15) is 11.5 Å². The number of ether oxygens (including phenoxy) is 2. The van der Waals surface area contributed by atoms with Gasteiger partial charge in [-0.25, -0.2) is 4.90 Å². The molecule has 8 heteroatoms. The van der Waals surface area contributed by atoms with Crippen LogP contribution in [0.1, 0.15) is 30.5 Å². The quantitative estimate of drug-likeness (QED) is 0.628. The molecule has 3 rings (SSSR count). The Labute approximate surface area is 188 Å². The van der Waals surface area contributed by atoms with E-state index < -0.39 is 6.05 Å². The van der Waals surface area contributed by atoms with E-state index in [9.17, 15) is 13.6 Å². The van der Waals surface area contributed by atoms with Gasteiger partial charge >= 0.3 is 6.05 Å². The topological polar surface area (TPSA) is 46.9 Å². The lowest BCUT2D eigenvalue weighted by Crippen LogP contribution is -2.59. The van der Waals surface area contributed by atoms with Crippen LogP contribution in [0.4, 0.5) is 8.78 Å². The molecule has 0 aliphatic carbocycles. The first-order valence-corrected chi connectivity index (χ1v) is 10.8. The highest BCUT2D eigenvalue weighted by Crippen LogP contribution is 2.38. The minimum Gasteiger partial charge on any atom is -0.496 e. The third-order valence-corrected chi connectivity index (χ3v) is 6.35. The largest absolute Gasteiger partial charge is 0.496 e. The van der Waals surface area contributed by atoms with Crippen LogP contribution >= 0.6 is 0 Å². The minimum absolute atomic E-state index is 0.0386. The molecule has 0 atom stereocenters. The molecule has 32 heavy (non-hydrogen) atoms. The van der Waals surface area contributed by atoms with E-state index in [0.717, 1.165) is 22.3 Å². The van der Waals surface area contributed by atoms with Crippen LogP contribution in [-0.2, 0) is 13.6 Å². The van der Waals surface area contributed by atoms with E-state index in [-0.39, 0.29) is 18.1 Å². The zero-order valence-corrected chi connectivity index (χ0v) is 20.0. The molecular formula is C24H33F2N3O3. The van der Waals surface area contributed by atoms with E-state index in [0.29, 0.717) is 36.7 Å². The second-order valence-corrected chi connectivity index (χ2v) is 8.73. The fourth-order valence-electron chi connectivity index (χ4n) is 4.41. The van der Waals surface area contributed by atoms with Gasteiger partial charge in [-0.2, -0.15) is 8.78 Å². The van der Waals surface area contributed by atoms with Crippen LogP contribution in [0.3, 0.4) is 0 Å². The summed E-state index contributed by atoms with van der Waals surface area (Å²) in [6, 6.07) is 0.652. The van der Waals surface area contributed by atoms with Gasteiger partial charge in [-0.3, -0.25) is 9.69 Å². The van der Waals surface area contributed by atoms with Crippen LogP contribution in [0.15, 0.2) is 23.1 Å². The zero-order chi connectivity index (χ0) is 23.8. The number of hydrogen-bond donors (Lipinski definition) is 0. The van der Waals surface area contributed by atoms with Gasteiger partial charge in [0.25, 0.3) is 5.56 Å². The second-order valence-electron chi connectivity index (χ2n) is 8.73. The van der Waals surface area contributed by atoms with Gasteiger partial charge in [-0.05, 0) is 51.0 Å². The molecule has 1 aliphatic rings. The van der Waals surface area contributed by atoms with E-state index in [1.54, 1.807) is 57.7 Å². The van der Waals surface area contributed by atoms with Crippen molar-refractivity contribution in [2.75, 3.05) is 33.9 Å². The van der Waals surface area contributed by atoms with Crippen LogP contribution in [-0.4, -0.2) is 60.3 Å².